The number of anilines is 1. The molecule has 4 rings (SSSR count). The third kappa shape index (κ3) is 4.41. The van der Waals surface area contributed by atoms with Crippen molar-refractivity contribution in [3.05, 3.63) is 87.0 Å². The summed E-state index contributed by atoms with van der Waals surface area (Å²) in [4.78, 5) is 32.5. The Balaban J connectivity index is 1.56. The molecule has 0 unspecified atom stereocenters. The van der Waals surface area contributed by atoms with Gasteiger partial charge >= 0.3 is 0 Å². The SMILES string of the molecule is COc1ccc(C)cc1-c1csc(NC(=O)c2ccc(-c3cccc(C)c3)[nH]c2=O)n1. The number of methoxy groups -OCH3 is 1. The maximum absolute atomic E-state index is 12.7. The van der Waals surface area contributed by atoms with Gasteiger partial charge in [-0.2, -0.15) is 0 Å². The van der Waals surface area contributed by atoms with E-state index in [0.29, 0.717) is 22.3 Å². The summed E-state index contributed by atoms with van der Waals surface area (Å²) in [6.45, 7) is 3.97. The summed E-state index contributed by atoms with van der Waals surface area (Å²) in [5.74, 6) is 0.200. The Morgan fingerprint density at radius 2 is 1.87 bits per heavy atom. The zero-order valence-electron chi connectivity index (χ0n) is 17.4. The Labute approximate surface area is 183 Å². The van der Waals surface area contributed by atoms with Crippen molar-refractivity contribution in [1.29, 1.82) is 0 Å². The van der Waals surface area contributed by atoms with Crippen molar-refractivity contribution in [2.24, 2.45) is 0 Å². The lowest BCUT2D eigenvalue weighted by atomic mass is 10.1. The van der Waals surface area contributed by atoms with Gasteiger partial charge in [-0.05, 0) is 49.7 Å². The highest BCUT2D eigenvalue weighted by Gasteiger charge is 2.15. The van der Waals surface area contributed by atoms with Crippen LogP contribution < -0.4 is 15.6 Å². The number of amides is 1. The number of pyridine rings is 1. The quantitative estimate of drug-likeness (QED) is 0.463. The van der Waals surface area contributed by atoms with Crippen LogP contribution in [-0.2, 0) is 0 Å². The number of rotatable bonds is 5. The molecular weight excluding hydrogens is 410 g/mol. The maximum Gasteiger partial charge on any atom is 0.263 e. The van der Waals surface area contributed by atoms with Crippen molar-refractivity contribution in [2.45, 2.75) is 13.8 Å². The van der Waals surface area contributed by atoms with Gasteiger partial charge in [0.1, 0.15) is 11.3 Å². The first-order valence-corrected chi connectivity index (χ1v) is 10.5. The Morgan fingerprint density at radius 3 is 2.61 bits per heavy atom. The fraction of sp³-hybridized carbons (Fsp3) is 0.125. The fourth-order valence-electron chi connectivity index (χ4n) is 3.27. The Bertz CT molecular complexity index is 1320. The van der Waals surface area contributed by atoms with Gasteiger partial charge in [-0.25, -0.2) is 4.98 Å². The topological polar surface area (TPSA) is 84.1 Å². The van der Waals surface area contributed by atoms with Crippen LogP contribution >= 0.6 is 11.3 Å². The highest BCUT2D eigenvalue weighted by molar-refractivity contribution is 7.14. The van der Waals surface area contributed by atoms with Crippen LogP contribution in [0.5, 0.6) is 5.75 Å². The molecule has 1 amide bonds. The van der Waals surface area contributed by atoms with Gasteiger partial charge < -0.3 is 9.72 Å². The normalized spacial score (nSPS) is 10.7. The third-order valence-corrected chi connectivity index (χ3v) is 5.60. The summed E-state index contributed by atoms with van der Waals surface area (Å²) in [6.07, 6.45) is 0. The molecule has 0 bridgehead atoms. The second kappa shape index (κ2) is 8.57. The zero-order chi connectivity index (χ0) is 22.0. The van der Waals surface area contributed by atoms with Crippen LogP contribution in [0, 0.1) is 13.8 Å². The average molecular weight is 432 g/mol. The predicted octanol–water partition coefficient (Wildman–Crippen LogP) is 5.04. The molecule has 31 heavy (non-hydrogen) atoms. The Morgan fingerprint density at radius 1 is 1.06 bits per heavy atom. The Kier molecular flexibility index (Phi) is 5.68. The molecule has 2 heterocycles. The lowest BCUT2D eigenvalue weighted by Crippen LogP contribution is -2.23. The third-order valence-electron chi connectivity index (χ3n) is 4.84. The minimum atomic E-state index is -0.505. The van der Waals surface area contributed by atoms with E-state index < -0.39 is 11.5 Å². The second-order valence-electron chi connectivity index (χ2n) is 7.18. The van der Waals surface area contributed by atoms with E-state index in [1.165, 1.54) is 17.4 Å². The molecule has 0 aliphatic heterocycles. The van der Waals surface area contributed by atoms with E-state index >= 15 is 0 Å². The van der Waals surface area contributed by atoms with Crippen molar-refractivity contribution >= 4 is 22.4 Å². The summed E-state index contributed by atoms with van der Waals surface area (Å²) in [5, 5.41) is 4.97. The van der Waals surface area contributed by atoms with E-state index in [1.54, 1.807) is 13.2 Å². The number of ether oxygens (including phenoxy) is 1. The number of H-pyrrole nitrogens is 1. The van der Waals surface area contributed by atoms with Gasteiger partial charge in [0.25, 0.3) is 11.5 Å². The number of nitrogens with zero attached hydrogens (tertiary/aromatic N) is 1. The van der Waals surface area contributed by atoms with Crippen molar-refractivity contribution < 1.29 is 9.53 Å². The number of hydrogen-bond donors (Lipinski definition) is 2. The molecule has 0 saturated carbocycles. The monoisotopic (exact) mass is 431 g/mol. The number of aryl methyl sites for hydroxylation is 2. The molecule has 6 nitrogen and oxygen atoms in total. The van der Waals surface area contributed by atoms with Crippen LogP contribution in [0.25, 0.3) is 22.5 Å². The summed E-state index contributed by atoms with van der Waals surface area (Å²) in [6, 6.07) is 16.9. The molecule has 0 radical (unpaired) electrons. The van der Waals surface area contributed by atoms with Crippen molar-refractivity contribution in [1.82, 2.24) is 9.97 Å². The summed E-state index contributed by atoms with van der Waals surface area (Å²) in [5.41, 5.74) is 4.84. The molecular formula is C24H21N3O3S. The van der Waals surface area contributed by atoms with E-state index in [-0.39, 0.29) is 5.56 Å². The molecule has 0 atom stereocenters. The van der Waals surface area contributed by atoms with Gasteiger partial charge in [0.05, 0.1) is 12.8 Å². The van der Waals surface area contributed by atoms with E-state index in [2.05, 4.69) is 15.3 Å². The molecule has 2 N–H and O–H groups in total. The first kappa shape index (κ1) is 20.6. The predicted molar refractivity (Wildman–Crippen MR) is 124 cm³/mol. The maximum atomic E-state index is 12.7. The number of benzene rings is 2. The van der Waals surface area contributed by atoms with Crippen LogP contribution in [0.15, 0.2) is 64.8 Å². The van der Waals surface area contributed by atoms with Gasteiger partial charge in [-0.15, -0.1) is 11.3 Å². The summed E-state index contributed by atoms with van der Waals surface area (Å²) in [7, 11) is 1.61. The molecule has 0 fully saturated rings. The summed E-state index contributed by atoms with van der Waals surface area (Å²) < 4.78 is 5.42. The molecule has 2 aromatic carbocycles. The van der Waals surface area contributed by atoms with Crippen LogP contribution in [0.1, 0.15) is 21.5 Å². The molecule has 0 aliphatic rings. The number of hydrogen-bond acceptors (Lipinski definition) is 5. The van der Waals surface area contributed by atoms with E-state index in [0.717, 1.165) is 22.3 Å². The highest BCUT2D eigenvalue weighted by atomic mass is 32.1. The minimum Gasteiger partial charge on any atom is -0.496 e. The number of carbonyl (C=O) groups is 1. The first-order chi connectivity index (χ1) is 14.9. The van der Waals surface area contributed by atoms with E-state index in [4.69, 9.17) is 4.74 Å². The van der Waals surface area contributed by atoms with E-state index in [9.17, 15) is 9.59 Å². The van der Waals surface area contributed by atoms with Crippen LogP contribution in [0.3, 0.4) is 0 Å². The smallest absolute Gasteiger partial charge is 0.263 e. The Hall–Kier alpha value is -3.71. The first-order valence-electron chi connectivity index (χ1n) is 9.67. The lowest BCUT2D eigenvalue weighted by Gasteiger charge is -2.07. The molecule has 7 heteroatoms. The lowest BCUT2D eigenvalue weighted by molar-refractivity contribution is 0.102. The molecule has 0 saturated heterocycles. The molecule has 4 aromatic rings. The molecule has 156 valence electrons. The van der Waals surface area contributed by atoms with Gasteiger partial charge in [0, 0.05) is 16.6 Å². The summed E-state index contributed by atoms with van der Waals surface area (Å²) >= 11 is 1.29. The molecule has 0 aliphatic carbocycles. The van der Waals surface area contributed by atoms with Gasteiger partial charge in [0.15, 0.2) is 5.13 Å². The van der Waals surface area contributed by atoms with E-state index in [1.807, 2.05) is 61.7 Å². The van der Waals surface area contributed by atoms with Crippen LogP contribution in [-0.4, -0.2) is 23.0 Å². The van der Waals surface area contributed by atoms with Crippen molar-refractivity contribution in [2.75, 3.05) is 12.4 Å². The van der Waals surface area contributed by atoms with Crippen molar-refractivity contribution in [3.8, 4) is 28.3 Å². The second-order valence-corrected chi connectivity index (χ2v) is 8.04. The van der Waals surface area contributed by atoms with Crippen LogP contribution in [0.2, 0.25) is 0 Å². The van der Waals surface area contributed by atoms with Gasteiger partial charge in [0.2, 0.25) is 0 Å². The van der Waals surface area contributed by atoms with Gasteiger partial charge in [-0.1, -0.05) is 35.4 Å². The highest BCUT2D eigenvalue weighted by Crippen LogP contribution is 2.33. The fourth-order valence-corrected chi connectivity index (χ4v) is 3.98. The number of aromatic amines is 1. The number of aromatic nitrogens is 2. The average Bonchev–Trinajstić information content (AvgIpc) is 3.21. The van der Waals surface area contributed by atoms with Gasteiger partial charge in [-0.3, -0.25) is 14.9 Å². The largest absolute Gasteiger partial charge is 0.496 e. The van der Waals surface area contributed by atoms with Crippen LogP contribution in [0.4, 0.5) is 5.13 Å². The number of carbonyl (C=O) groups excluding carboxylic acids is 1. The standard InChI is InChI=1S/C24H21N3O3S/c1-14-5-4-6-16(11-14)19-9-8-17(22(28)25-19)23(29)27-24-26-20(13-31-24)18-12-15(2)7-10-21(18)30-3/h4-13H,1-3H3,(H,25,28)(H,26,27,29). The number of nitrogens with one attached hydrogen (secondary N) is 2. The molecule has 0 spiro atoms. The number of thiazole rings is 1. The van der Waals surface area contributed by atoms with Crippen molar-refractivity contribution in [3.63, 3.8) is 0 Å². The zero-order valence-corrected chi connectivity index (χ0v) is 18.2. The minimum absolute atomic E-state index is 0.0290. The molecule has 2 aromatic heterocycles.